The zero-order valence-electron chi connectivity index (χ0n) is 14.1. The van der Waals surface area contributed by atoms with Gasteiger partial charge in [-0.25, -0.2) is 4.98 Å². The molecular weight excluding hydrogens is 405 g/mol. The van der Waals surface area contributed by atoms with Gasteiger partial charge in [-0.15, -0.1) is 11.3 Å². The largest absolute Gasteiger partial charge is 0.325 e. The van der Waals surface area contributed by atoms with Crippen molar-refractivity contribution in [2.24, 2.45) is 0 Å². The van der Waals surface area contributed by atoms with E-state index in [4.69, 9.17) is 23.2 Å². The Bertz CT molecular complexity index is 1090. The van der Waals surface area contributed by atoms with E-state index in [1.165, 1.54) is 11.3 Å². The van der Waals surface area contributed by atoms with Crippen LogP contribution < -0.4 is 10.9 Å². The first-order valence-corrected chi connectivity index (χ1v) is 10.0. The number of fused-ring (bicyclic) bond motifs is 1. The first kappa shape index (κ1) is 18.2. The number of pyridine rings is 1. The predicted octanol–water partition coefficient (Wildman–Crippen LogP) is 4.47. The van der Waals surface area contributed by atoms with Crippen LogP contribution in [0.15, 0.2) is 35.3 Å². The van der Waals surface area contributed by atoms with Crippen molar-refractivity contribution >= 4 is 45.6 Å². The number of hydrogen-bond acceptors (Lipinski definition) is 4. The molecule has 0 saturated carbocycles. The summed E-state index contributed by atoms with van der Waals surface area (Å²) in [5, 5.41) is 4.19. The third-order valence-corrected chi connectivity index (χ3v) is 6.12. The molecule has 5 nitrogen and oxygen atoms in total. The Balaban J connectivity index is 1.48. The van der Waals surface area contributed by atoms with Gasteiger partial charge in [-0.2, -0.15) is 0 Å². The summed E-state index contributed by atoms with van der Waals surface area (Å²) in [6.45, 7) is 0. The number of H-pyrrole nitrogens is 1. The van der Waals surface area contributed by atoms with Crippen LogP contribution in [0.2, 0.25) is 10.0 Å². The van der Waals surface area contributed by atoms with E-state index in [0.29, 0.717) is 21.6 Å². The maximum atomic E-state index is 12.5. The zero-order chi connectivity index (χ0) is 19.0. The summed E-state index contributed by atoms with van der Waals surface area (Å²) in [5.41, 5.74) is 2.74. The van der Waals surface area contributed by atoms with Crippen LogP contribution in [0, 0.1) is 0 Å². The molecule has 0 radical (unpaired) electrons. The summed E-state index contributed by atoms with van der Waals surface area (Å²) in [4.78, 5) is 32.7. The Morgan fingerprint density at radius 2 is 2.07 bits per heavy atom. The van der Waals surface area contributed by atoms with Crippen LogP contribution in [0.3, 0.4) is 0 Å². The monoisotopic (exact) mass is 419 g/mol. The third-order valence-electron chi connectivity index (χ3n) is 4.47. The fourth-order valence-electron chi connectivity index (χ4n) is 3.14. The molecule has 0 bridgehead atoms. The van der Waals surface area contributed by atoms with Gasteiger partial charge in [-0.1, -0.05) is 29.3 Å². The summed E-state index contributed by atoms with van der Waals surface area (Å²) in [5.74, 6) is -0.443. The number of hydrogen-bond donors (Lipinski definition) is 2. The van der Waals surface area contributed by atoms with Gasteiger partial charge in [0.15, 0.2) is 5.13 Å². The number of rotatable bonds is 4. The van der Waals surface area contributed by atoms with Crippen LogP contribution in [-0.2, 0) is 19.3 Å². The van der Waals surface area contributed by atoms with E-state index < -0.39 is 5.91 Å². The minimum Gasteiger partial charge on any atom is -0.325 e. The van der Waals surface area contributed by atoms with E-state index in [1.54, 1.807) is 18.3 Å². The van der Waals surface area contributed by atoms with Crippen LogP contribution in [0.4, 0.5) is 5.13 Å². The van der Waals surface area contributed by atoms with Gasteiger partial charge >= 0.3 is 0 Å². The van der Waals surface area contributed by atoms with Crippen molar-refractivity contribution in [1.29, 1.82) is 0 Å². The highest BCUT2D eigenvalue weighted by molar-refractivity contribution is 7.15. The molecule has 3 aromatic rings. The van der Waals surface area contributed by atoms with Crippen molar-refractivity contribution in [2.45, 2.75) is 25.7 Å². The summed E-state index contributed by atoms with van der Waals surface area (Å²) < 4.78 is 0. The number of amides is 1. The minimum atomic E-state index is -0.443. The van der Waals surface area contributed by atoms with E-state index in [2.05, 4.69) is 15.3 Å². The first-order valence-electron chi connectivity index (χ1n) is 8.44. The molecule has 1 aromatic carbocycles. The molecule has 0 aliphatic heterocycles. The molecule has 1 aliphatic carbocycles. The van der Waals surface area contributed by atoms with Gasteiger partial charge in [0.05, 0.1) is 10.0 Å². The predicted molar refractivity (Wildman–Crippen MR) is 108 cm³/mol. The smallest absolute Gasteiger partial charge is 0.263 e. The third kappa shape index (κ3) is 3.93. The number of aryl methyl sites for hydroxylation is 2. The lowest BCUT2D eigenvalue weighted by atomic mass is 10.1. The second-order valence-corrected chi connectivity index (χ2v) is 8.31. The highest BCUT2D eigenvalue weighted by Crippen LogP contribution is 2.26. The average molecular weight is 420 g/mol. The zero-order valence-corrected chi connectivity index (χ0v) is 16.5. The number of halogens is 2. The summed E-state index contributed by atoms with van der Waals surface area (Å²) in [7, 11) is 0. The van der Waals surface area contributed by atoms with Gasteiger partial charge < -0.3 is 4.98 Å². The molecule has 0 saturated heterocycles. The maximum Gasteiger partial charge on any atom is 0.263 e. The van der Waals surface area contributed by atoms with Crippen molar-refractivity contribution < 1.29 is 4.79 Å². The van der Waals surface area contributed by atoms with Crippen LogP contribution in [0.25, 0.3) is 0 Å². The molecule has 8 heteroatoms. The molecular formula is C19H15Cl2N3O2S. The van der Waals surface area contributed by atoms with Gasteiger partial charge in [-0.05, 0) is 48.6 Å². The molecule has 0 unspecified atom stereocenters. The van der Waals surface area contributed by atoms with Crippen LogP contribution in [-0.4, -0.2) is 15.9 Å². The van der Waals surface area contributed by atoms with Gasteiger partial charge in [0.25, 0.3) is 11.5 Å². The van der Waals surface area contributed by atoms with E-state index >= 15 is 0 Å². The summed E-state index contributed by atoms with van der Waals surface area (Å²) in [6, 6.07) is 7.16. The first-order chi connectivity index (χ1) is 13.0. The quantitative estimate of drug-likeness (QED) is 0.654. The van der Waals surface area contributed by atoms with Gasteiger partial charge in [-0.3, -0.25) is 14.9 Å². The summed E-state index contributed by atoms with van der Waals surface area (Å²) in [6.07, 6.45) is 5.08. The number of anilines is 1. The van der Waals surface area contributed by atoms with Gasteiger partial charge in [0.2, 0.25) is 0 Å². The molecule has 27 heavy (non-hydrogen) atoms. The summed E-state index contributed by atoms with van der Waals surface area (Å²) >= 11 is 13.3. The molecule has 0 fully saturated rings. The standard InChI is InChI=1S/C19H15Cl2N3O2S/c20-14-5-4-10(7-15(14)21)6-12-9-22-19(27-12)24-18(26)13-8-11-2-1-3-16(11)23-17(13)25/h4-5,7-9H,1-3,6H2,(H,23,25)(H,22,24,26). The number of thiazole rings is 1. The van der Waals surface area contributed by atoms with E-state index in [-0.39, 0.29) is 11.1 Å². The van der Waals surface area contributed by atoms with Gasteiger partial charge in [0.1, 0.15) is 5.56 Å². The minimum absolute atomic E-state index is 0.122. The van der Waals surface area contributed by atoms with E-state index in [1.807, 2.05) is 12.1 Å². The second kappa shape index (κ2) is 7.46. The molecule has 2 heterocycles. The maximum absolute atomic E-state index is 12.5. The lowest BCUT2D eigenvalue weighted by Gasteiger charge is -2.04. The second-order valence-electron chi connectivity index (χ2n) is 6.38. The molecule has 138 valence electrons. The van der Waals surface area contributed by atoms with Crippen molar-refractivity contribution in [2.75, 3.05) is 5.32 Å². The van der Waals surface area contributed by atoms with Crippen molar-refractivity contribution in [3.05, 3.63) is 78.1 Å². The fourth-order valence-corrected chi connectivity index (χ4v) is 4.31. The number of carbonyl (C=O) groups excluding carboxylic acids is 1. The Kier molecular flexibility index (Phi) is 5.04. The number of aromatic nitrogens is 2. The van der Waals surface area contributed by atoms with E-state index in [9.17, 15) is 9.59 Å². The molecule has 4 rings (SSSR count). The molecule has 0 spiro atoms. The Labute approximate surface area is 169 Å². The van der Waals surface area contributed by atoms with Gasteiger partial charge in [0, 0.05) is 23.2 Å². The highest BCUT2D eigenvalue weighted by Gasteiger charge is 2.19. The SMILES string of the molecule is O=C(Nc1ncc(Cc2ccc(Cl)c(Cl)c2)s1)c1cc2c([nH]c1=O)CCC2. The average Bonchev–Trinajstić information content (AvgIpc) is 3.26. The van der Waals surface area contributed by atoms with E-state index in [0.717, 1.165) is 41.0 Å². The number of benzene rings is 1. The van der Waals surface area contributed by atoms with Crippen LogP contribution in [0.1, 0.15) is 38.5 Å². The normalized spacial score (nSPS) is 12.8. The molecule has 0 atom stereocenters. The number of nitrogens with one attached hydrogen (secondary N) is 2. The lowest BCUT2D eigenvalue weighted by molar-refractivity contribution is 0.102. The Morgan fingerprint density at radius 1 is 1.22 bits per heavy atom. The topological polar surface area (TPSA) is 74.8 Å². The lowest BCUT2D eigenvalue weighted by Crippen LogP contribution is -2.24. The molecule has 2 N–H and O–H groups in total. The number of nitrogens with zero attached hydrogens (tertiary/aromatic N) is 1. The van der Waals surface area contributed by atoms with Crippen molar-refractivity contribution in [3.8, 4) is 0 Å². The molecule has 1 amide bonds. The van der Waals surface area contributed by atoms with Crippen LogP contribution in [0.5, 0.6) is 0 Å². The van der Waals surface area contributed by atoms with Crippen LogP contribution >= 0.6 is 34.5 Å². The highest BCUT2D eigenvalue weighted by atomic mass is 35.5. The number of carbonyl (C=O) groups is 1. The Hall–Kier alpha value is -2.15. The Morgan fingerprint density at radius 3 is 2.89 bits per heavy atom. The van der Waals surface area contributed by atoms with Crippen molar-refractivity contribution in [1.82, 2.24) is 9.97 Å². The number of aromatic amines is 1. The molecule has 1 aliphatic rings. The molecule has 2 aromatic heterocycles. The fraction of sp³-hybridized carbons (Fsp3) is 0.211. The van der Waals surface area contributed by atoms with Crippen molar-refractivity contribution in [3.63, 3.8) is 0 Å².